The first kappa shape index (κ1) is 36.7. The van der Waals surface area contributed by atoms with E-state index in [4.69, 9.17) is 11.6 Å². The summed E-state index contributed by atoms with van der Waals surface area (Å²) in [5, 5.41) is 13.3. The minimum absolute atomic E-state index is 0.0828. The van der Waals surface area contributed by atoms with Gasteiger partial charge in [0.05, 0.1) is 37.3 Å². The molecule has 1 saturated heterocycles. The van der Waals surface area contributed by atoms with Gasteiger partial charge in [0.1, 0.15) is 6.54 Å². The highest BCUT2D eigenvalue weighted by molar-refractivity contribution is 6.31. The van der Waals surface area contributed by atoms with E-state index in [1.807, 2.05) is 52.0 Å². The van der Waals surface area contributed by atoms with E-state index in [-0.39, 0.29) is 17.7 Å². The number of nitrogens with zero attached hydrogens (tertiary/aromatic N) is 3. The van der Waals surface area contributed by atoms with Gasteiger partial charge in [0.15, 0.2) is 5.78 Å². The van der Waals surface area contributed by atoms with E-state index in [0.717, 1.165) is 122 Å². The number of carbonyl (C=O) groups excluding carboxylic acids is 2. The summed E-state index contributed by atoms with van der Waals surface area (Å²) in [6.45, 7) is 17.9. The second-order valence-corrected chi connectivity index (χ2v) is 13.7. The Hall–Kier alpha value is -2.72. The van der Waals surface area contributed by atoms with Gasteiger partial charge in [-0.2, -0.15) is 5.26 Å². The van der Waals surface area contributed by atoms with E-state index in [1.165, 1.54) is 6.42 Å². The number of piperidine rings is 1. The van der Waals surface area contributed by atoms with Gasteiger partial charge in [-0.3, -0.25) is 14.5 Å². The fourth-order valence-electron chi connectivity index (χ4n) is 7.15. The lowest BCUT2D eigenvalue weighted by molar-refractivity contribution is -0.919. The summed E-state index contributed by atoms with van der Waals surface area (Å²) in [6.07, 6.45) is 10.3. The molecule has 0 bridgehead atoms. The third-order valence-corrected chi connectivity index (χ3v) is 10.5. The highest BCUT2D eigenvalue weighted by Crippen LogP contribution is 2.28. The summed E-state index contributed by atoms with van der Waals surface area (Å²) in [4.78, 5) is 29.1. The van der Waals surface area contributed by atoms with Crippen LogP contribution in [0.1, 0.15) is 105 Å². The van der Waals surface area contributed by atoms with Gasteiger partial charge in [0.25, 0.3) is 0 Å². The molecule has 246 valence electrons. The number of nitrogens with one attached hydrogen (secondary N) is 1. The standard InChI is InChI=1S/C38H55ClN4O2/c1-7-23-43(8-2,27-33(44)25-34-28(3)17-19-32(26-40)30(34)5)24-15-11-9-10-13-21-42-22-14-12-16-36(42)38(45)41-37-29(4)18-20-35(39)31(37)6/h17-20,36H,7-16,21-25,27H2,1-6H3/p+1. The molecule has 1 aliphatic rings. The van der Waals surface area contributed by atoms with Gasteiger partial charge in [0.2, 0.25) is 5.91 Å². The molecule has 0 aromatic heterocycles. The molecule has 0 aliphatic carbocycles. The fourth-order valence-corrected chi connectivity index (χ4v) is 7.31. The predicted octanol–water partition coefficient (Wildman–Crippen LogP) is 8.25. The molecule has 2 atom stereocenters. The molecule has 1 N–H and O–H groups in total. The lowest BCUT2D eigenvalue weighted by atomic mass is 9.94. The van der Waals surface area contributed by atoms with Gasteiger partial charge >= 0.3 is 0 Å². The minimum Gasteiger partial charge on any atom is -0.324 e. The van der Waals surface area contributed by atoms with Gasteiger partial charge in [-0.15, -0.1) is 0 Å². The maximum Gasteiger partial charge on any atom is 0.241 e. The van der Waals surface area contributed by atoms with Crippen molar-refractivity contribution in [1.82, 2.24) is 4.90 Å². The van der Waals surface area contributed by atoms with Crippen LogP contribution in [0.4, 0.5) is 5.69 Å². The zero-order valence-electron chi connectivity index (χ0n) is 28.7. The first-order valence-corrected chi connectivity index (χ1v) is 17.6. The molecule has 0 spiro atoms. The van der Waals surface area contributed by atoms with Gasteiger partial charge < -0.3 is 9.80 Å². The zero-order chi connectivity index (χ0) is 33.0. The molecule has 2 aromatic carbocycles. The van der Waals surface area contributed by atoms with E-state index in [9.17, 15) is 14.9 Å². The van der Waals surface area contributed by atoms with E-state index < -0.39 is 0 Å². The third kappa shape index (κ3) is 10.1. The van der Waals surface area contributed by atoms with Crippen LogP contribution in [-0.4, -0.2) is 66.4 Å². The van der Waals surface area contributed by atoms with Crippen molar-refractivity contribution in [3.63, 3.8) is 0 Å². The van der Waals surface area contributed by atoms with Crippen LogP contribution in [0, 0.1) is 39.0 Å². The summed E-state index contributed by atoms with van der Waals surface area (Å²) in [7, 11) is 0. The van der Waals surface area contributed by atoms with Crippen LogP contribution in [0.3, 0.4) is 0 Å². The molecule has 6 nitrogen and oxygen atoms in total. The van der Waals surface area contributed by atoms with E-state index in [1.54, 1.807) is 0 Å². The Kier molecular flexibility index (Phi) is 14.6. The maximum absolute atomic E-state index is 13.4. The first-order valence-electron chi connectivity index (χ1n) is 17.2. The number of anilines is 1. The molecule has 1 amide bonds. The Morgan fingerprint density at radius 3 is 2.38 bits per heavy atom. The summed E-state index contributed by atoms with van der Waals surface area (Å²) in [5.41, 5.74) is 6.53. The predicted molar refractivity (Wildman–Crippen MR) is 187 cm³/mol. The number of likely N-dealkylation sites (N-methyl/N-ethyl adjacent to an activating group) is 1. The van der Waals surface area contributed by atoms with E-state index >= 15 is 0 Å². The number of hydrogen-bond donors (Lipinski definition) is 1. The van der Waals surface area contributed by atoms with Gasteiger partial charge in [-0.25, -0.2) is 0 Å². The van der Waals surface area contributed by atoms with Crippen molar-refractivity contribution in [2.45, 2.75) is 112 Å². The van der Waals surface area contributed by atoms with E-state index in [0.29, 0.717) is 23.6 Å². The molecule has 7 heteroatoms. The number of halogens is 1. The van der Waals surface area contributed by atoms with Crippen molar-refractivity contribution >= 4 is 29.0 Å². The topological polar surface area (TPSA) is 73.2 Å². The van der Waals surface area contributed by atoms with Crippen LogP contribution in [0.15, 0.2) is 24.3 Å². The lowest BCUT2D eigenvalue weighted by Gasteiger charge is -2.37. The average molecular weight is 636 g/mol. The molecular weight excluding hydrogens is 580 g/mol. The van der Waals surface area contributed by atoms with Crippen LogP contribution >= 0.6 is 11.6 Å². The number of carbonyl (C=O) groups is 2. The fraction of sp³-hybridized carbons (Fsp3) is 0.605. The number of quaternary nitrogens is 1. The van der Waals surface area contributed by atoms with Crippen molar-refractivity contribution in [2.24, 2.45) is 0 Å². The molecule has 0 radical (unpaired) electrons. The third-order valence-electron chi connectivity index (χ3n) is 10.1. The molecule has 1 aliphatic heterocycles. The summed E-state index contributed by atoms with van der Waals surface area (Å²) in [6, 6.07) is 9.85. The van der Waals surface area contributed by atoms with Crippen molar-refractivity contribution in [2.75, 3.05) is 44.6 Å². The van der Waals surface area contributed by atoms with Gasteiger partial charge in [0, 0.05) is 17.1 Å². The molecule has 0 saturated carbocycles. The van der Waals surface area contributed by atoms with Crippen LogP contribution in [0.2, 0.25) is 5.02 Å². The lowest BCUT2D eigenvalue weighted by Crippen LogP contribution is -2.52. The Morgan fingerprint density at radius 2 is 1.67 bits per heavy atom. The Labute approximate surface area is 277 Å². The summed E-state index contributed by atoms with van der Waals surface area (Å²) < 4.78 is 0.849. The van der Waals surface area contributed by atoms with Crippen molar-refractivity contribution < 1.29 is 14.1 Å². The van der Waals surface area contributed by atoms with Crippen molar-refractivity contribution in [3.05, 3.63) is 62.7 Å². The van der Waals surface area contributed by atoms with Gasteiger partial charge in [-0.05, 0) is 126 Å². The number of unbranched alkanes of at least 4 members (excludes halogenated alkanes) is 4. The maximum atomic E-state index is 13.4. The number of rotatable bonds is 17. The number of nitriles is 1. The van der Waals surface area contributed by atoms with Crippen molar-refractivity contribution in [3.8, 4) is 6.07 Å². The molecule has 45 heavy (non-hydrogen) atoms. The first-order chi connectivity index (χ1) is 21.6. The number of ketones is 1. The Morgan fingerprint density at radius 1 is 0.956 bits per heavy atom. The van der Waals surface area contributed by atoms with Crippen molar-refractivity contribution in [1.29, 1.82) is 5.26 Å². The minimum atomic E-state index is -0.0828. The summed E-state index contributed by atoms with van der Waals surface area (Å²) in [5.74, 6) is 0.359. The number of amides is 1. The average Bonchev–Trinajstić information content (AvgIpc) is 3.03. The molecule has 2 aromatic rings. The molecular formula is C38H56ClN4O2+. The SMILES string of the molecule is CCC[N+](CC)(CCCCCCCN1CCCCC1C(=O)Nc1c(C)ccc(Cl)c1C)CC(=O)Cc1c(C)ccc(C#N)c1C. The quantitative estimate of drug-likeness (QED) is 0.140. The molecule has 3 rings (SSSR count). The monoisotopic (exact) mass is 635 g/mol. The summed E-state index contributed by atoms with van der Waals surface area (Å²) >= 11 is 6.34. The van der Waals surface area contributed by atoms with Gasteiger partial charge in [-0.1, -0.05) is 49.9 Å². The Balaban J connectivity index is 1.46. The normalized spacial score (nSPS) is 16.6. The Bertz CT molecular complexity index is 1350. The second-order valence-electron chi connectivity index (χ2n) is 13.3. The highest BCUT2D eigenvalue weighted by atomic mass is 35.5. The second kappa shape index (κ2) is 17.8. The molecule has 2 unspecified atom stereocenters. The zero-order valence-corrected chi connectivity index (χ0v) is 29.5. The number of hydrogen-bond acceptors (Lipinski definition) is 4. The molecule has 1 heterocycles. The number of aryl methyl sites for hydroxylation is 2. The van der Waals surface area contributed by atoms with Crippen LogP contribution in [0.5, 0.6) is 0 Å². The highest BCUT2D eigenvalue weighted by Gasteiger charge is 2.30. The smallest absolute Gasteiger partial charge is 0.241 e. The van der Waals surface area contributed by atoms with Crippen LogP contribution < -0.4 is 5.32 Å². The number of Topliss-reactive ketones (excluding diaryl/α,β-unsaturated/α-hetero) is 1. The number of benzene rings is 2. The van der Waals surface area contributed by atoms with Crippen LogP contribution in [-0.2, 0) is 16.0 Å². The molecule has 1 fully saturated rings. The number of likely N-dealkylation sites (tertiary alicyclic amines) is 1. The van der Waals surface area contributed by atoms with E-state index in [2.05, 4.69) is 30.1 Å². The largest absolute Gasteiger partial charge is 0.324 e. The van der Waals surface area contributed by atoms with Crippen LogP contribution in [0.25, 0.3) is 0 Å².